The minimum Gasteiger partial charge on any atom is -0.346 e. The van der Waals surface area contributed by atoms with Crippen LogP contribution in [0.15, 0.2) is 33.7 Å². The molecule has 2 atom stereocenters. The van der Waals surface area contributed by atoms with Gasteiger partial charge >= 0.3 is 0 Å². The summed E-state index contributed by atoms with van der Waals surface area (Å²) in [5.74, 6) is 2.10. The van der Waals surface area contributed by atoms with Crippen LogP contribution in [0.3, 0.4) is 0 Å². The van der Waals surface area contributed by atoms with E-state index in [0.29, 0.717) is 11.8 Å². The number of allylic oxidation sites excluding steroid dienone is 1. The summed E-state index contributed by atoms with van der Waals surface area (Å²) in [6, 6.07) is 0. The SMILES string of the molecule is C=C1NC=NC2=C1CCC(C)C(CC)C=N2. The lowest BCUT2D eigenvalue weighted by Crippen LogP contribution is -2.21. The quantitative estimate of drug-likeness (QED) is 0.720. The molecular formula is C13H19N3. The minimum atomic E-state index is 0.576. The molecule has 1 N–H and O–H groups in total. The third kappa shape index (κ3) is 2.08. The van der Waals surface area contributed by atoms with Gasteiger partial charge < -0.3 is 5.32 Å². The Bertz CT molecular complexity index is 377. The summed E-state index contributed by atoms with van der Waals surface area (Å²) in [5.41, 5.74) is 2.12. The van der Waals surface area contributed by atoms with Gasteiger partial charge in [-0.2, -0.15) is 0 Å². The van der Waals surface area contributed by atoms with E-state index >= 15 is 0 Å². The zero-order valence-corrected chi connectivity index (χ0v) is 10.0. The van der Waals surface area contributed by atoms with Gasteiger partial charge in [-0.25, -0.2) is 9.98 Å². The molecule has 2 heterocycles. The Hall–Kier alpha value is -1.38. The van der Waals surface area contributed by atoms with Gasteiger partial charge in [0, 0.05) is 17.5 Å². The Morgan fingerprint density at radius 2 is 2.31 bits per heavy atom. The molecule has 0 spiro atoms. The van der Waals surface area contributed by atoms with Crippen molar-refractivity contribution in [1.29, 1.82) is 0 Å². The molecule has 2 rings (SSSR count). The van der Waals surface area contributed by atoms with Crippen LogP contribution in [0.25, 0.3) is 0 Å². The Morgan fingerprint density at radius 1 is 1.50 bits per heavy atom. The predicted octanol–water partition coefficient (Wildman–Crippen LogP) is 2.87. The molecule has 0 amide bonds. The lowest BCUT2D eigenvalue weighted by Gasteiger charge is -2.24. The standard InChI is InChI=1S/C13H19N3/c1-4-11-7-14-13-12(6-5-9(11)2)10(3)15-8-16-13/h7-9,11H,3-6H2,1-2H3,(H,15,16). The summed E-state index contributed by atoms with van der Waals surface area (Å²) in [7, 11) is 0. The van der Waals surface area contributed by atoms with Gasteiger partial charge in [0.15, 0.2) is 5.82 Å². The second kappa shape index (κ2) is 4.64. The molecule has 2 aliphatic rings. The first-order chi connectivity index (χ1) is 7.72. The minimum absolute atomic E-state index is 0.576. The smallest absolute Gasteiger partial charge is 0.158 e. The molecule has 16 heavy (non-hydrogen) atoms. The molecule has 3 heteroatoms. The average Bonchev–Trinajstić information content (AvgIpc) is 2.26. The fourth-order valence-electron chi connectivity index (χ4n) is 2.25. The van der Waals surface area contributed by atoms with Gasteiger partial charge in [0.05, 0.1) is 6.34 Å². The van der Waals surface area contributed by atoms with Crippen molar-refractivity contribution in [2.24, 2.45) is 21.8 Å². The van der Waals surface area contributed by atoms with Gasteiger partial charge in [0.1, 0.15) is 0 Å². The van der Waals surface area contributed by atoms with Crippen molar-refractivity contribution in [2.75, 3.05) is 0 Å². The highest BCUT2D eigenvalue weighted by molar-refractivity contribution is 5.68. The molecule has 0 saturated heterocycles. The molecule has 86 valence electrons. The Kier molecular flexibility index (Phi) is 3.22. The van der Waals surface area contributed by atoms with Gasteiger partial charge in [-0.15, -0.1) is 0 Å². The molecule has 0 fully saturated rings. The number of hydrogen-bond acceptors (Lipinski definition) is 3. The van der Waals surface area contributed by atoms with Crippen LogP contribution in [0.5, 0.6) is 0 Å². The van der Waals surface area contributed by atoms with E-state index in [2.05, 4.69) is 41.9 Å². The van der Waals surface area contributed by atoms with Crippen molar-refractivity contribution in [1.82, 2.24) is 5.32 Å². The molecular weight excluding hydrogens is 198 g/mol. The fraction of sp³-hybridized carbons (Fsp3) is 0.538. The van der Waals surface area contributed by atoms with Gasteiger partial charge in [-0.05, 0) is 31.1 Å². The summed E-state index contributed by atoms with van der Waals surface area (Å²) < 4.78 is 0. The number of hydrogen-bond donors (Lipinski definition) is 1. The van der Waals surface area contributed by atoms with E-state index in [1.165, 1.54) is 12.0 Å². The van der Waals surface area contributed by atoms with Crippen molar-refractivity contribution in [3.63, 3.8) is 0 Å². The zero-order chi connectivity index (χ0) is 11.5. The Balaban J connectivity index is 2.30. The molecule has 2 unspecified atom stereocenters. The van der Waals surface area contributed by atoms with E-state index < -0.39 is 0 Å². The van der Waals surface area contributed by atoms with Gasteiger partial charge in [0.2, 0.25) is 0 Å². The molecule has 0 aromatic carbocycles. The van der Waals surface area contributed by atoms with E-state index in [-0.39, 0.29) is 0 Å². The summed E-state index contributed by atoms with van der Waals surface area (Å²) in [5, 5.41) is 3.05. The molecule has 3 nitrogen and oxygen atoms in total. The molecule has 0 aromatic heterocycles. The highest BCUT2D eigenvalue weighted by Crippen LogP contribution is 2.29. The summed E-state index contributed by atoms with van der Waals surface area (Å²) in [6.45, 7) is 8.52. The van der Waals surface area contributed by atoms with Gasteiger partial charge in [-0.1, -0.05) is 20.4 Å². The molecule has 0 saturated carbocycles. The highest BCUT2D eigenvalue weighted by atomic mass is 15.1. The second-order valence-electron chi connectivity index (χ2n) is 4.55. The molecule has 0 aromatic rings. The summed E-state index contributed by atoms with van der Waals surface area (Å²) >= 11 is 0. The van der Waals surface area contributed by atoms with Crippen molar-refractivity contribution < 1.29 is 0 Å². The van der Waals surface area contributed by atoms with Crippen LogP contribution in [0.1, 0.15) is 33.1 Å². The largest absolute Gasteiger partial charge is 0.346 e. The van der Waals surface area contributed by atoms with Crippen LogP contribution in [0.2, 0.25) is 0 Å². The molecule has 2 aliphatic heterocycles. The zero-order valence-electron chi connectivity index (χ0n) is 10.0. The van der Waals surface area contributed by atoms with E-state index in [1.54, 1.807) is 6.34 Å². The molecule has 0 aliphatic carbocycles. The van der Waals surface area contributed by atoms with Crippen molar-refractivity contribution >= 4 is 12.6 Å². The van der Waals surface area contributed by atoms with Crippen molar-refractivity contribution in [2.45, 2.75) is 33.1 Å². The Labute approximate surface area is 97.1 Å². The number of nitrogens with zero attached hydrogens (tertiary/aromatic N) is 2. The van der Waals surface area contributed by atoms with Crippen molar-refractivity contribution in [3.8, 4) is 0 Å². The number of rotatable bonds is 1. The topological polar surface area (TPSA) is 36.8 Å². The van der Waals surface area contributed by atoms with Crippen LogP contribution >= 0.6 is 0 Å². The van der Waals surface area contributed by atoms with Gasteiger partial charge in [-0.3, -0.25) is 0 Å². The first-order valence-electron chi connectivity index (χ1n) is 5.98. The maximum Gasteiger partial charge on any atom is 0.158 e. The molecule has 0 radical (unpaired) electrons. The normalized spacial score (nSPS) is 29.5. The van der Waals surface area contributed by atoms with Crippen LogP contribution in [0.4, 0.5) is 0 Å². The lowest BCUT2D eigenvalue weighted by molar-refractivity contribution is 0.416. The highest BCUT2D eigenvalue weighted by Gasteiger charge is 2.20. The maximum atomic E-state index is 4.51. The van der Waals surface area contributed by atoms with Gasteiger partial charge in [0.25, 0.3) is 0 Å². The third-order valence-corrected chi connectivity index (χ3v) is 3.50. The van der Waals surface area contributed by atoms with E-state index in [4.69, 9.17) is 0 Å². The third-order valence-electron chi connectivity index (χ3n) is 3.50. The monoisotopic (exact) mass is 217 g/mol. The van der Waals surface area contributed by atoms with Crippen molar-refractivity contribution in [3.05, 3.63) is 23.7 Å². The van der Waals surface area contributed by atoms with Crippen LogP contribution in [0, 0.1) is 11.8 Å². The first-order valence-corrected chi connectivity index (χ1v) is 5.98. The Morgan fingerprint density at radius 3 is 3.06 bits per heavy atom. The number of aliphatic imine (C=N–C) groups is 2. The predicted molar refractivity (Wildman–Crippen MR) is 68.5 cm³/mol. The van der Waals surface area contributed by atoms with E-state index in [1.807, 2.05) is 0 Å². The van der Waals surface area contributed by atoms with E-state index in [9.17, 15) is 0 Å². The average molecular weight is 217 g/mol. The van der Waals surface area contributed by atoms with Crippen LogP contribution in [-0.4, -0.2) is 12.6 Å². The summed E-state index contributed by atoms with van der Waals surface area (Å²) in [4.78, 5) is 8.80. The van der Waals surface area contributed by atoms with Crippen LogP contribution < -0.4 is 5.32 Å². The maximum absolute atomic E-state index is 4.51. The fourth-order valence-corrected chi connectivity index (χ4v) is 2.25. The molecule has 0 bridgehead atoms. The van der Waals surface area contributed by atoms with Crippen LogP contribution in [-0.2, 0) is 0 Å². The van der Waals surface area contributed by atoms with E-state index in [0.717, 1.165) is 24.4 Å². The first kappa shape index (κ1) is 11.1. The lowest BCUT2D eigenvalue weighted by atomic mass is 9.86. The summed E-state index contributed by atoms with van der Waals surface area (Å²) in [6.07, 6.45) is 7.09. The second-order valence-corrected chi connectivity index (χ2v) is 4.55. The number of nitrogens with one attached hydrogen (secondary N) is 1.